The van der Waals surface area contributed by atoms with Crippen LogP contribution >= 0.6 is 0 Å². The Hall–Kier alpha value is -2.63. The van der Waals surface area contributed by atoms with Gasteiger partial charge in [0, 0.05) is 17.5 Å². The summed E-state index contributed by atoms with van der Waals surface area (Å²) in [5.74, 6) is 1.52. The van der Waals surface area contributed by atoms with Crippen LogP contribution in [0.2, 0.25) is 0 Å². The zero-order chi connectivity index (χ0) is 14.1. The fourth-order valence-corrected chi connectivity index (χ4v) is 1.85. The summed E-state index contributed by atoms with van der Waals surface area (Å²) in [4.78, 5) is 15.3. The van der Waals surface area contributed by atoms with Gasteiger partial charge in [0.1, 0.15) is 11.3 Å². The average Bonchev–Trinajstić information content (AvgIpc) is 2.85. The monoisotopic (exact) mass is 272 g/mol. The summed E-state index contributed by atoms with van der Waals surface area (Å²) in [6, 6.07) is 8.36. The van der Waals surface area contributed by atoms with Crippen LogP contribution in [0, 0.1) is 6.92 Å². The molecule has 0 radical (unpaired) electrons. The lowest BCUT2D eigenvalue weighted by molar-refractivity contribution is 0.175. The first-order valence-electron chi connectivity index (χ1n) is 6.12. The molecule has 20 heavy (non-hydrogen) atoms. The topological polar surface area (TPSA) is 78.4 Å². The van der Waals surface area contributed by atoms with Crippen LogP contribution in [0.25, 0.3) is 11.0 Å². The van der Waals surface area contributed by atoms with Gasteiger partial charge in [-0.1, -0.05) is 5.16 Å². The van der Waals surface area contributed by atoms with Crippen molar-refractivity contribution >= 4 is 11.0 Å². The maximum atomic E-state index is 11.2. The van der Waals surface area contributed by atoms with Crippen molar-refractivity contribution in [2.45, 2.75) is 20.0 Å². The Balaban J connectivity index is 1.88. The molecule has 0 N–H and O–H groups in total. The first-order chi connectivity index (χ1) is 9.61. The van der Waals surface area contributed by atoms with E-state index in [0.717, 1.165) is 5.39 Å². The number of hydrogen-bond donors (Lipinski definition) is 0. The quantitative estimate of drug-likeness (QED) is 0.682. The SMILES string of the molecule is Cc1noc(C(C)Oc2ccc3ccc(=O)oc3c2)n1. The first-order valence-corrected chi connectivity index (χ1v) is 6.12. The van der Waals surface area contributed by atoms with Gasteiger partial charge >= 0.3 is 5.63 Å². The highest BCUT2D eigenvalue weighted by atomic mass is 16.5. The van der Waals surface area contributed by atoms with Crippen molar-refractivity contribution in [1.82, 2.24) is 10.1 Å². The molecular formula is C14H12N2O4. The third-order valence-electron chi connectivity index (χ3n) is 2.80. The number of aryl methyl sites for hydroxylation is 1. The molecule has 2 heterocycles. The molecule has 1 aromatic carbocycles. The summed E-state index contributed by atoms with van der Waals surface area (Å²) in [6.45, 7) is 3.54. The second-order valence-electron chi connectivity index (χ2n) is 4.39. The maximum absolute atomic E-state index is 11.2. The van der Waals surface area contributed by atoms with E-state index in [0.29, 0.717) is 23.0 Å². The second kappa shape index (κ2) is 4.80. The Morgan fingerprint density at radius 3 is 2.80 bits per heavy atom. The van der Waals surface area contributed by atoms with Crippen molar-refractivity contribution in [1.29, 1.82) is 0 Å². The van der Waals surface area contributed by atoms with Gasteiger partial charge in [-0.25, -0.2) is 4.79 Å². The van der Waals surface area contributed by atoms with Gasteiger partial charge in [0.25, 0.3) is 5.89 Å². The van der Waals surface area contributed by atoms with Crippen LogP contribution in [0.15, 0.2) is 44.1 Å². The number of rotatable bonds is 3. The predicted octanol–water partition coefficient (Wildman–Crippen LogP) is 2.62. The normalized spacial score (nSPS) is 12.5. The van der Waals surface area contributed by atoms with E-state index in [1.165, 1.54) is 6.07 Å². The minimum absolute atomic E-state index is 0.385. The van der Waals surface area contributed by atoms with Crippen molar-refractivity contribution in [3.63, 3.8) is 0 Å². The van der Waals surface area contributed by atoms with Crippen molar-refractivity contribution in [2.75, 3.05) is 0 Å². The molecule has 6 nitrogen and oxygen atoms in total. The lowest BCUT2D eigenvalue weighted by Crippen LogP contribution is -2.03. The largest absolute Gasteiger partial charge is 0.481 e. The standard InChI is InChI=1S/C14H12N2O4/c1-8(14-15-9(2)16-20-14)18-11-5-3-10-4-6-13(17)19-12(10)7-11/h3-8H,1-2H3. The molecule has 0 amide bonds. The van der Waals surface area contributed by atoms with Gasteiger partial charge in [-0.3, -0.25) is 0 Å². The summed E-state index contributed by atoms with van der Waals surface area (Å²) in [5, 5.41) is 4.55. The molecule has 6 heteroatoms. The molecule has 3 rings (SSSR count). The van der Waals surface area contributed by atoms with E-state index in [9.17, 15) is 4.79 Å². The minimum Gasteiger partial charge on any atom is -0.481 e. The molecule has 0 bridgehead atoms. The molecule has 0 saturated carbocycles. The molecular weight excluding hydrogens is 260 g/mol. The molecule has 2 aromatic heterocycles. The molecule has 1 atom stereocenters. The number of benzene rings is 1. The van der Waals surface area contributed by atoms with E-state index >= 15 is 0 Å². The molecule has 0 aliphatic carbocycles. The zero-order valence-corrected chi connectivity index (χ0v) is 11.0. The molecule has 3 aromatic rings. The fraction of sp³-hybridized carbons (Fsp3) is 0.214. The smallest absolute Gasteiger partial charge is 0.336 e. The number of aromatic nitrogens is 2. The van der Waals surface area contributed by atoms with Gasteiger partial charge in [-0.2, -0.15) is 4.98 Å². The molecule has 0 aliphatic rings. The lowest BCUT2D eigenvalue weighted by Gasteiger charge is -2.10. The van der Waals surface area contributed by atoms with Gasteiger partial charge in [-0.15, -0.1) is 0 Å². The van der Waals surface area contributed by atoms with Crippen molar-refractivity contribution in [2.24, 2.45) is 0 Å². The summed E-state index contributed by atoms with van der Waals surface area (Å²) in [7, 11) is 0. The van der Waals surface area contributed by atoms with E-state index in [4.69, 9.17) is 13.7 Å². The zero-order valence-electron chi connectivity index (χ0n) is 11.0. The number of hydrogen-bond acceptors (Lipinski definition) is 6. The van der Waals surface area contributed by atoms with Crippen LogP contribution in [-0.2, 0) is 0 Å². The van der Waals surface area contributed by atoms with Crippen molar-refractivity contribution in [3.8, 4) is 5.75 Å². The number of fused-ring (bicyclic) bond motifs is 1. The Morgan fingerprint density at radius 1 is 1.25 bits per heavy atom. The van der Waals surface area contributed by atoms with Crippen LogP contribution in [0.3, 0.4) is 0 Å². The van der Waals surface area contributed by atoms with Gasteiger partial charge in [0.05, 0.1) is 0 Å². The van der Waals surface area contributed by atoms with Crippen molar-refractivity contribution < 1.29 is 13.7 Å². The molecule has 0 spiro atoms. The molecule has 102 valence electrons. The Labute approximate surface area is 114 Å². The van der Waals surface area contributed by atoms with Gasteiger partial charge in [-0.05, 0) is 32.0 Å². The molecule has 0 fully saturated rings. The number of nitrogens with zero attached hydrogens (tertiary/aromatic N) is 2. The molecule has 0 saturated heterocycles. The van der Waals surface area contributed by atoms with E-state index in [-0.39, 0.29) is 6.10 Å². The van der Waals surface area contributed by atoms with E-state index < -0.39 is 5.63 Å². The van der Waals surface area contributed by atoms with Crippen LogP contribution < -0.4 is 10.4 Å². The van der Waals surface area contributed by atoms with E-state index in [1.54, 1.807) is 32.0 Å². The number of ether oxygens (including phenoxy) is 1. The Kier molecular flexibility index (Phi) is 2.98. The lowest BCUT2D eigenvalue weighted by atomic mass is 10.2. The molecule has 0 aliphatic heterocycles. The summed E-state index contributed by atoms with van der Waals surface area (Å²) >= 11 is 0. The van der Waals surface area contributed by atoms with Gasteiger partial charge < -0.3 is 13.7 Å². The van der Waals surface area contributed by atoms with Crippen LogP contribution in [0.1, 0.15) is 24.7 Å². The van der Waals surface area contributed by atoms with Crippen LogP contribution in [0.5, 0.6) is 5.75 Å². The third kappa shape index (κ3) is 2.40. The van der Waals surface area contributed by atoms with Crippen LogP contribution in [-0.4, -0.2) is 10.1 Å². The maximum Gasteiger partial charge on any atom is 0.336 e. The van der Waals surface area contributed by atoms with Crippen molar-refractivity contribution in [3.05, 3.63) is 52.5 Å². The highest BCUT2D eigenvalue weighted by Crippen LogP contribution is 2.24. The van der Waals surface area contributed by atoms with E-state index in [2.05, 4.69) is 10.1 Å². The first kappa shape index (κ1) is 12.4. The van der Waals surface area contributed by atoms with Crippen LogP contribution in [0.4, 0.5) is 0 Å². The average molecular weight is 272 g/mol. The molecule has 1 unspecified atom stereocenters. The predicted molar refractivity (Wildman–Crippen MR) is 70.6 cm³/mol. The van der Waals surface area contributed by atoms with Gasteiger partial charge in [0.15, 0.2) is 11.9 Å². The fourth-order valence-electron chi connectivity index (χ4n) is 1.85. The van der Waals surface area contributed by atoms with E-state index in [1.807, 2.05) is 6.07 Å². The minimum atomic E-state index is -0.393. The Morgan fingerprint density at radius 2 is 2.05 bits per heavy atom. The highest BCUT2D eigenvalue weighted by Gasteiger charge is 2.15. The third-order valence-corrected chi connectivity index (χ3v) is 2.80. The Bertz CT molecular complexity index is 806. The summed E-state index contributed by atoms with van der Waals surface area (Å²) in [5.41, 5.74) is 0.0825. The highest BCUT2D eigenvalue weighted by molar-refractivity contribution is 5.77. The summed E-state index contributed by atoms with van der Waals surface area (Å²) < 4.78 is 15.9. The second-order valence-corrected chi connectivity index (χ2v) is 4.39. The van der Waals surface area contributed by atoms with Gasteiger partial charge in [0.2, 0.25) is 0 Å². The summed E-state index contributed by atoms with van der Waals surface area (Å²) in [6.07, 6.45) is -0.385.